The number of hydrogen-bond acceptors (Lipinski definition) is 2. The molecule has 0 bridgehead atoms. The van der Waals surface area contributed by atoms with E-state index in [1.165, 1.54) is 17.2 Å². The molecule has 2 unspecified atom stereocenters. The summed E-state index contributed by atoms with van der Waals surface area (Å²) in [5.41, 5.74) is 3.15. The molecule has 2 aromatic rings. The van der Waals surface area contributed by atoms with Crippen LogP contribution < -0.4 is 5.32 Å². The second kappa shape index (κ2) is 9.46. The first-order valence-electron chi connectivity index (χ1n) is 13.0. The van der Waals surface area contributed by atoms with Crippen LogP contribution in [0.4, 0.5) is 13.2 Å². The highest BCUT2D eigenvalue weighted by Crippen LogP contribution is 2.48. The Morgan fingerprint density at radius 2 is 1.92 bits per heavy atom. The fourth-order valence-electron chi connectivity index (χ4n) is 6.74. The number of hydrogen-bond donors (Lipinski definition) is 1. The van der Waals surface area contributed by atoms with Crippen molar-refractivity contribution in [3.8, 4) is 0 Å². The Kier molecular flexibility index (Phi) is 6.78. The third-order valence-corrected chi connectivity index (χ3v) is 9.39. The summed E-state index contributed by atoms with van der Waals surface area (Å²) in [6, 6.07) is 11.0. The fraction of sp³-hybridized carbons (Fsp3) is 0.552. The van der Waals surface area contributed by atoms with Gasteiger partial charge in [0.15, 0.2) is 0 Å². The molecule has 36 heavy (non-hydrogen) atoms. The molecular weight excluding hydrogens is 529 g/mol. The minimum absolute atomic E-state index is 0.106. The van der Waals surface area contributed by atoms with Crippen molar-refractivity contribution < 1.29 is 18.0 Å². The van der Waals surface area contributed by atoms with E-state index in [1.807, 2.05) is 4.90 Å². The lowest BCUT2D eigenvalue weighted by molar-refractivity contribution is -0.145. The highest BCUT2D eigenvalue weighted by atomic mass is 79.9. The average Bonchev–Trinajstić information content (AvgIpc) is 3.39. The van der Waals surface area contributed by atoms with E-state index in [9.17, 15) is 18.0 Å². The molecule has 0 saturated heterocycles. The van der Waals surface area contributed by atoms with Gasteiger partial charge in [-0.3, -0.25) is 4.79 Å². The van der Waals surface area contributed by atoms with Gasteiger partial charge in [0.1, 0.15) is 0 Å². The van der Waals surface area contributed by atoms with Gasteiger partial charge in [0, 0.05) is 29.6 Å². The summed E-state index contributed by atoms with van der Waals surface area (Å²) in [6.07, 6.45) is -0.216. The third-order valence-electron chi connectivity index (χ3n) is 8.90. The van der Waals surface area contributed by atoms with Gasteiger partial charge in [-0.25, -0.2) is 0 Å². The maximum Gasteiger partial charge on any atom is 0.416 e. The second-order valence-corrected chi connectivity index (χ2v) is 12.3. The molecule has 5 rings (SSSR count). The normalized spacial score (nSPS) is 27.9. The van der Waals surface area contributed by atoms with Crippen molar-refractivity contribution in [2.75, 3.05) is 6.54 Å². The molecule has 0 aromatic heterocycles. The number of carbonyl (C=O) groups excluding carboxylic acids is 1. The van der Waals surface area contributed by atoms with Crippen molar-refractivity contribution in [1.29, 1.82) is 0 Å². The molecule has 194 valence electrons. The zero-order chi connectivity index (χ0) is 25.8. The van der Waals surface area contributed by atoms with Gasteiger partial charge in [0.25, 0.3) is 0 Å². The van der Waals surface area contributed by atoms with Gasteiger partial charge in [0.2, 0.25) is 5.91 Å². The summed E-state index contributed by atoms with van der Waals surface area (Å²) >= 11 is 3.59. The molecule has 1 N–H and O–H groups in total. The number of nitrogens with zero attached hydrogens (tertiary/aromatic N) is 1. The van der Waals surface area contributed by atoms with E-state index in [1.54, 1.807) is 6.07 Å². The van der Waals surface area contributed by atoms with Crippen molar-refractivity contribution in [2.45, 2.75) is 83.6 Å². The lowest BCUT2D eigenvalue weighted by Crippen LogP contribution is -2.48. The molecule has 2 aromatic carbocycles. The Morgan fingerprint density at radius 1 is 1.14 bits per heavy atom. The summed E-state index contributed by atoms with van der Waals surface area (Å²) in [6.45, 7) is 7.32. The van der Waals surface area contributed by atoms with Gasteiger partial charge in [0.05, 0.1) is 11.0 Å². The first-order valence-corrected chi connectivity index (χ1v) is 13.8. The first-order chi connectivity index (χ1) is 17.0. The quantitative estimate of drug-likeness (QED) is 0.421. The molecule has 0 radical (unpaired) electrons. The Hall–Kier alpha value is -1.86. The predicted molar refractivity (Wildman–Crippen MR) is 139 cm³/mol. The van der Waals surface area contributed by atoms with Gasteiger partial charge < -0.3 is 10.2 Å². The van der Waals surface area contributed by atoms with Crippen LogP contribution in [-0.2, 0) is 23.9 Å². The Balaban J connectivity index is 1.32. The fourth-order valence-corrected chi connectivity index (χ4v) is 7.12. The molecule has 0 spiro atoms. The first kappa shape index (κ1) is 25.8. The van der Waals surface area contributed by atoms with Crippen molar-refractivity contribution in [1.82, 2.24) is 10.2 Å². The van der Waals surface area contributed by atoms with E-state index in [2.05, 4.69) is 60.2 Å². The number of halogens is 4. The summed E-state index contributed by atoms with van der Waals surface area (Å²) in [7, 11) is 0. The van der Waals surface area contributed by atoms with E-state index < -0.39 is 17.2 Å². The number of fused-ring (bicyclic) bond motifs is 2. The van der Waals surface area contributed by atoms with Gasteiger partial charge in [-0.1, -0.05) is 48.8 Å². The van der Waals surface area contributed by atoms with Crippen LogP contribution in [0.2, 0.25) is 0 Å². The van der Waals surface area contributed by atoms with Crippen LogP contribution in [0.1, 0.15) is 86.2 Å². The van der Waals surface area contributed by atoms with Crippen molar-refractivity contribution in [2.24, 2.45) is 11.3 Å². The smallest absolute Gasteiger partial charge is 0.338 e. The number of alkyl halides is 3. The topological polar surface area (TPSA) is 32.3 Å². The molecular formula is C29H34BrF3N2O. The van der Waals surface area contributed by atoms with E-state index in [-0.39, 0.29) is 30.5 Å². The highest BCUT2D eigenvalue weighted by Gasteiger charge is 2.50. The highest BCUT2D eigenvalue weighted by molar-refractivity contribution is 9.10. The number of rotatable bonds is 4. The van der Waals surface area contributed by atoms with Gasteiger partial charge in [-0.15, -0.1) is 0 Å². The maximum absolute atomic E-state index is 14.0. The SMILES string of the molecule is CC1CC(N[C@@H]2CC[C@@](C(=O)N3CCc4ccc(C(F)(F)F)cc4C3)(C(C)C)C2)c2ccc(Br)cc21. The van der Waals surface area contributed by atoms with Crippen LogP contribution in [-0.4, -0.2) is 23.4 Å². The summed E-state index contributed by atoms with van der Waals surface area (Å²) in [4.78, 5) is 15.8. The predicted octanol–water partition coefficient (Wildman–Crippen LogP) is 7.39. The molecule has 3 nitrogen and oxygen atoms in total. The van der Waals surface area contributed by atoms with E-state index in [4.69, 9.17) is 0 Å². The zero-order valence-corrected chi connectivity index (χ0v) is 22.7. The standard InChI is InChI=1S/C29H34BrF3N2O/c1-17(2)28(27(36)35-11-9-19-4-5-21(29(31,32)33)13-20(19)16-35)10-8-23(15-28)34-26-12-18(3)25-14-22(30)6-7-24(25)26/h4-7,13-14,17-18,23,26,34H,8-12,15-16H2,1-3H3/t18?,23-,26?,28+/m1/s1. The van der Waals surface area contributed by atoms with Crippen molar-refractivity contribution >= 4 is 21.8 Å². The Labute approximate surface area is 220 Å². The van der Waals surface area contributed by atoms with Crippen molar-refractivity contribution in [3.05, 3.63) is 68.7 Å². The van der Waals surface area contributed by atoms with Crippen LogP contribution in [0.3, 0.4) is 0 Å². The number of nitrogens with one attached hydrogen (secondary N) is 1. The second-order valence-electron chi connectivity index (χ2n) is 11.3. The van der Waals surface area contributed by atoms with Gasteiger partial charge in [-0.2, -0.15) is 13.2 Å². The monoisotopic (exact) mass is 562 g/mol. The van der Waals surface area contributed by atoms with Crippen LogP contribution in [0.5, 0.6) is 0 Å². The lowest BCUT2D eigenvalue weighted by atomic mass is 9.73. The van der Waals surface area contributed by atoms with E-state index in [0.717, 1.165) is 41.8 Å². The maximum atomic E-state index is 14.0. The van der Waals surface area contributed by atoms with Crippen molar-refractivity contribution in [3.63, 3.8) is 0 Å². The molecule has 1 saturated carbocycles. The number of carbonyl (C=O) groups is 1. The molecule has 7 heteroatoms. The minimum Gasteiger partial charge on any atom is -0.338 e. The van der Waals surface area contributed by atoms with Crippen LogP contribution in [0.15, 0.2) is 40.9 Å². The van der Waals surface area contributed by atoms with Crippen LogP contribution in [0, 0.1) is 11.3 Å². The molecule has 1 amide bonds. The van der Waals surface area contributed by atoms with E-state index in [0.29, 0.717) is 24.4 Å². The molecule has 1 aliphatic heterocycles. The Morgan fingerprint density at radius 3 is 2.64 bits per heavy atom. The molecule has 3 aliphatic rings. The summed E-state index contributed by atoms with van der Waals surface area (Å²) in [5.74, 6) is 0.752. The lowest BCUT2D eigenvalue weighted by Gasteiger charge is -2.40. The zero-order valence-electron chi connectivity index (χ0n) is 21.1. The number of benzene rings is 2. The van der Waals surface area contributed by atoms with E-state index >= 15 is 0 Å². The average molecular weight is 564 g/mol. The molecule has 1 heterocycles. The van der Waals surface area contributed by atoms with Gasteiger partial charge in [-0.05, 0) is 90.5 Å². The Bertz CT molecular complexity index is 1160. The molecule has 2 aliphatic carbocycles. The summed E-state index contributed by atoms with van der Waals surface area (Å²) < 4.78 is 41.0. The number of amides is 1. The summed E-state index contributed by atoms with van der Waals surface area (Å²) in [5, 5.41) is 3.88. The van der Waals surface area contributed by atoms with Crippen LogP contribution >= 0.6 is 15.9 Å². The molecule has 4 atom stereocenters. The third kappa shape index (κ3) is 4.62. The van der Waals surface area contributed by atoms with Gasteiger partial charge >= 0.3 is 6.18 Å². The minimum atomic E-state index is -4.38. The molecule has 1 fully saturated rings. The largest absolute Gasteiger partial charge is 0.416 e. The van der Waals surface area contributed by atoms with Crippen LogP contribution in [0.25, 0.3) is 0 Å².